The van der Waals surface area contributed by atoms with Gasteiger partial charge in [0, 0.05) is 10.8 Å². The second-order valence-electron chi connectivity index (χ2n) is 3.88. The summed E-state index contributed by atoms with van der Waals surface area (Å²) in [6.07, 6.45) is 0.844. The summed E-state index contributed by atoms with van der Waals surface area (Å²) in [5.74, 6) is 0.798. The van der Waals surface area contributed by atoms with Gasteiger partial charge < -0.3 is 4.74 Å². The molecule has 0 atom stereocenters. The molecule has 1 heterocycles. The number of nitrogens with zero attached hydrogens (tertiary/aromatic N) is 1. The molecule has 1 aromatic heterocycles. The van der Waals surface area contributed by atoms with Gasteiger partial charge >= 0.3 is 0 Å². The standard InChI is InChI=1S/C14H11NO2/c1-17-10-6-7-14-12(8-10)11-4-2-3-5-13(11)15(14)9-16/h2-9H,1H3. The summed E-state index contributed by atoms with van der Waals surface area (Å²) in [5.41, 5.74) is 1.83. The third-order valence-corrected chi connectivity index (χ3v) is 3.02. The smallest absolute Gasteiger partial charge is 0.218 e. The first-order valence-corrected chi connectivity index (χ1v) is 5.37. The van der Waals surface area contributed by atoms with Crippen molar-refractivity contribution in [2.75, 3.05) is 7.11 Å². The minimum absolute atomic E-state index is 0.798. The molecule has 0 radical (unpaired) electrons. The largest absolute Gasteiger partial charge is 0.497 e. The fraction of sp³-hybridized carbons (Fsp3) is 0.0714. The maximum Gasteiger partial charge on any atom is 0.218 e. The molecule has 0 saturated heterocycles. The van der Waals surface area contributed by atoms with Crippen LogP contribution < -0.4 is 4.74 Å². The van der Waals surface area contributed by atoms with Crippen molar-refractivity contribution in [2.45, 2.75) is 0 Å². The van der Waals surface area contributed by atoms with Crippen molar-refractivity contribution < 1.29 is 9.53 Å². The molecule has 0 aliphatic rings. The Morgan fingerprint density at radius 1 is 1.06 bits per heavy atom. The lowest BCUT2D eigenvalue weighted by Crippen LogP contribution is -1.92. The molecule has 0 bridgehead atoms. The number of hydrogen-bond acceptors (Lipinski definition) is 2. The highest BCUT2D eigenvalue weighted by atomic mass is 16.5. The van der Waals surface area contributed by atoms with Gasteiger partial charge in [-0.1, -0.05) is 18.2 Å². The van der Waals surface area contributed by atoms with Crippen LogP contribution in [-0.2, 0) is 4.79 Å². The van der Waals surface area contributed by atoms with E-state index in [-0.39, 0.29) is 0 Å². The van der Waals surface area contributed by atoms with Gasteiger partial charge in [0.1, 0.15) is 5.75 Å². The van der Waals surface area contributed by atoms with Crippen molar-refractivity contribution in [3.8, 4) is 5.75 Å². The topological polar surface area (TPSA) is 31.2 Å². The van der Waals surface area contributed by atoms with Crippen LogP contribution in [0, 0.1) is 0 Å². The van der Waals surface area contributed by atoms with Crippen LogP contribution in [0.4, 0.5) is 0 Å². The first-order chi connectivity index (χ1) is 8.35. The Bertz CT molecular complexity index is 713. The number of carbonyl (C=O) groups excluding carboxylic acids is 1. The summed E-state index contributed by atoms with van der Waals surface area (Å²) >= 11 is 0. The molecule has 0 aliphatic heterocycles. The molecule has 0 N–H and O–H groups in total. The molecule has 0 saturated carbocycles. The second kappa shape index (κ2) is 3.63. The second-order valence-corrected chi connectivity index (χ2v) is 3.88. The highest BCUT2D eigenvalue weighted by molar-refractivity contribution is 6.11. The molecule has 3 heteroatoms. The third-order valence-electron chi connectivity index (χ3n) is 3.02. The highest BCUT2D eigenvalue weighted by Gasteiger charge is 2.09. The summed E-state index contributed by atoms with van der Waals surface area (Å²) in [7, 11) is 1.64. The van der Waals surface area contributed by atoms with Gasteiger partial charge in [-0.3, -0.25) is 9.36 Å². The van der Waals surface area contributed by atoms with E-state index < -0.39 is 0 Å². The fourth-order valence-corrected chi connectivity index (χ4v) is 2.22. The van der Waals surface area contributed by atoms with E-state index >= 15 is 0 Å². The highest BCUT2D eigenvalue weighted by Crippen LogP contribution is 2.30. The van der Waals surface area contributed by atoms with Gasteiger partial charge in [0.25, 0.3) is 0 Å². The predicted molar refractivity (Wildman–Crippen MR) is 68.1 cm³/mol. The van der Waals surface area contributed by atoms with E-state index in [1.165, 1.54) is 0 Å². The molecule has 0 fully saturated rings. The number of benzene rings is 2. The van der Waals surface area contributed by atoms with E-state index in [1.54, 1.807) is 11.7 Å². The van der Waals surface area contributed by atoms with Crippen LogP contribution in [0.2, 0.25) is 0 Å². The molecule has 0 unspecified atom stereocenters. The van der Waals surface area contributed by atoms with Crippen LogP contribution >= 0.6 is 0 Å². The third kappa shape index (κ3) is 1.32. The van der Waals surface area contributed by atoms with Gasteiger partial charge in [-0.25, -0.2) is 0 Å². The average Bonchev–Trinajstić information content (AvgIpc) is 2.71. The zero-order valence-corrected chi connectivity index (χ0v) is 9.38. The van der Waals surface area contributed by atoms with Crippen molar-refractivity contribution in [1.29, 1.82) is 0 Å². The Labute approximate surface area is 98.2 Å². The Kier molecular flexibility index (Phi) is 2.11. The Hall–Kier alpha value is -2.29. The van der Waals surface area contributed by atoms with Crippen LogP contribution in [0.1, 0.15) is 0 Å². The predicted octanol–water partition coefficient (Wildman–Crippen LogP) is 2.84. The van der Waals surface area contributed by atoms with Crippen LogP contribution in [0.25, 0.3) is 21.8 Å². The van der Waals surface area contributed by atoms with E-state index in [4.69, 9.17) is 4.74 Å². The van der Waals surface area contributed by atoms with E-state index in [9.17, 15) is 4.79 Å². The van der Waals surface area contributed by atoms with E-state index in [2.05, 4.69) is 0 Å². The summed E-state index contributed by atoms with van der Waals surface area (Å²) in [5, 5.41) is 2.10. The molecule has 3 rings (SSSR count). The monoisotopic (exact) mass is 225 g/mol. The van der Waals surface area contributed by atoms with Crippen LogP contribution in [0.3, 0.4) is 0 Å². The number of methoxy groups -OCH3 is 1. The molecular weight excluding hydrogens is 214 g/mol. The van der Waals surface area contributed by atoms with E-state index in [0.717, 1.165) is 34.0 Å². The van der Waals surface area contributed by atoms with Crippen molar-refractivity contribution in [1.82, 2.24) is 4.57 Å². The van der Waals surface area contributed by atoms with Crippen LogP contribution in [-0.4, -0.2) is 18.1 Å². The first kappa shape index (κ1) is 9.90. The van der Waals surface area contributed by atoms with Gasteiger partial charge in [-0.05, 0) is 24.3 Å². The number of fused-ring (bicyclic) bond motifs is 3. The van der Waals surface area contributed by atoms with E-state index in [1.807, 2.05) is 42.5 Å². The Balaban J connectivity index is 2.54. The van der Waals surface area contributed by atoms with Crippen molar-refractivity contribution in [2.24, 2.45) is 0 Å². The minimum atomic E-state index is 0.798. The number of rotatable bonds is 2. The van der Waals surface area contributed by atoms with Gasteiger partial charge in [0.15, 0.2) is 0 Å². The number of aromatic nitrogens is 1. The lowest BCUT2D eigenvalue weighted by molar-refractivity contribution is 0.415. The van der Waals surface area contributed by atoms with Gasteiger partial charge in [0.05, 0.1) is 18.1 Å². The summed E-state index contributed by atoms with van der Waals surface area (Å²) < 4.78 is 6.87. The maximum absolute atomic E-state index is 11.2. The number of carbonyl (C=O) groups is 1. The lowest BCUT2D eigenvalue weighted by Gasteiger charge is -1.99. The maximum atomic E-state index is 11.2. The number of ether oxygens (including phenoxy) is 1. The Morgan fingerprint density at radius 2 is 1.82 bits per heavy atom. The Morgan fingerprint density at radius 3 is 2.59 bits per heavy atom. The van der Waals surface area contributed by atoms with Crippen LogP contribution in [0.15, 0.2) is 42.5 Å². The molecule has 0 aliphatic carbocycles. The quantitative estimate of drug-likeness (QED) is 0.628. The molecule has 17 heavy (non-hydrogen) atoms. The normalized spacial score (nSPS) is 10.9. The molecule has 0 amide bonds. The summed E-state index contributed by atoms with van der Waals surface area (Å²) in [6.45, 7) is 0. The van der Waals surface area contributed by atoms with Crippen molar-refractivity contribution >= 4 is 28.2 Å². The molecule has 0 spiro atoms. The fourth-order valence-electron chi connectivity index (χ4n) is 2.22. The zero-order valence-electron chi connectivity index (χ0n) is 9.38. The number of hydrogen-bond donors (Lipinski definition) is 0. The average molecular weight is 225 g/mol. The van der Waals surface area contributed by atoms with Crippen LogP contribution in [0.5, 0.6) is 5.75 Å². The van der Waals surface area contributed by atoms with Crippen molar-refractivity contribution in [3.63, 3.8) is 0 Å². The summed E-state index contributed by atoms with van der Waals surface area (Å²) in [4.78, 5) is 11.2. The molecule has 84 valence electrons. The van der Waals surface area contributed by atoms with Gasteiger partial charge in [-0.2, -0.15) is 0 Å². The van der Waals surface area contributed by atoms with Gasteiger partial charge in [0.2, 0.25) is 6.41 Å². The SMILES string of the molecule is COc1ccc2c(c1)c1ccccc1n2C=O. The van der Waals surface area contributed by atoms with Crippen molar-refractivity contribution in [3.05, 3.63) is 42.5 Å². The first-order valence-electron chi connectivity index (χ1n) is 5.37. The number of para-hydroxylation sites is 1. The molecule has 3 aromatic rings. The lowest BCUT2D eigenvalue weighted by atomic mass is 10.1. The molecule has 2 aromatic carbocycles. The zero-order chi connectivity index (χ0) is 11.8. The van der Waals surface area contributed by atoms with Gasteiger partial charge in [-0.15, -0.1) is 0 Å². The van der Waals surface area contributed by atoms with E-state index in [0.29, 0.717) is 0 Å². The molecular formula is C14H11NO2. The minimum Gasteiger partial charge on any atom is -0.497 e. The summed E-state index contributed by atoms with van der Waals surface area (Å²) in [6, 6.07) is 13.6. The molecule has 3 nitrogen and oxygen atoms in total.